The number of pyridine rings is 1. The minimum absolute atomic E-state index is 0.0440. The van der Waals surface area contributed by atoms with Gasteiger partial charge in [-0.3, -0.25) is 4.79 Å². The van der Waals surface area contributed by atoms with Gasteiger partial charge in [0.2, 0.25) is 0 Å². The highest BCUT2D eigenvalue weighted by Gasteiger charge is 2.48. The summed E-state index contributed by atoms with van der Waals surface area (Å²) in [6.45, 7) is 4.50. The molecule has 1 heterocycles. The van der Waals surface area contributed by atoms with Crippen LogP contribution in [0.2, 0.25) is 5.02 Å². The number of amides is 3. The SMILES string of the molecule is CC(C)CN(c1ncc(OCC(=O)NC2([SH](=O)=O)CC2)cc1NC(=O)Nc1ccc(Cl)cc1F)C1CCCCC1. The van der Waals surface area contributed by atoms with Gasteiger partial charge >= 0.3 is 6.03 Å². The molecule has 10 nitrogen and oxygen atoms in total. The van der Waals surface area contributed by atoms with Gasteiger partial charge in [0.15, 0.2) is 23.1 Å². The van der Waals surface area contributed by atoms with Crippen molar-refractivity contribution in [3.63, 3.8) is 0 Å². The fourth-order valence-electron chi connectivity index (χ4n) is 4.82. The molecule has 0 spiro atoms. The van der Waals surface area contributed by atoms with Gasteiger partial charge in [0, 0.05) is 23.7 Å². The molecule has 2 saturated carbocycles. The second kappa shape index (κ2) is 13.0. The molecule has 0 aliphatic heterocycles. The van der Waals surface area contributed by atoms with E-state index in [1.807, 2.05) is 0 Å². The van der Waals surface area contributed by atoms with Crippen LogP contribution in [-0.4, -0.2) is 49.4 Å². The maximum atomic E-state index is 14.3. The maximum Gasteiger partial charge on any atom is 0.323 e. The molecule has 2 aliphatic rings. The number of carbonyl (C=O) groups excluding carboxylic acids is 2. The lowest BCUT2D eigenvalue weighted by Crippen LogP contribution is -2.41. The fourth-order valence-corrected chi connectivity index (χ4v) is 5.67. The topological polar surface area (TPSA) is 130 Å². The number of nitrogens with zero attached hydrogens (tertiary/aromatic N) is 2. The van der Waals surface area contributed by atoms with Crippen LogP contribution in [0.1, 0.15) is 58.8 Å². The van der Waals surface area contributed by atoms with E-state index < -0.39 is 39.9 Å². The standard InChI is InChI=1S/C27H35ClFN5O5S/c1-17(2)15-34(19-6-4-3-5-7-19)25-23(32-26(36)31-22-9-8-18(28)12-21(22)29)13-20(14-30-25)39-16-24(35)33-27(10-11-27)40(37)38/h8-9,12-14,17,19,40H,3-7,10-11,15-16H2,1-2H3,(H,33,35)(H2,31,32,36). The van der Waals surface area contributed by atoms with E-state index in [1.54, 1.807) is 6.07 Å². The van der Waals surface area contributed by atoms with E-state index in [2.05, 4.69) is 39.7 Å². The van der Waals surface area contributed by atoms with Gasteiger partial charge in [-0.05, 0) is 49.8 Å². The largest absolute Gasteiger partial charge is 0.482 e. The molecule has 0 radical (unpaired) electrons. The van der Waals surface area contributed by atoms with Crippen molar-refractivity contribution in [1.82, 2.24) is 10.3 Å². The van der Waals surface area contributed by atoms with E-state index in [-0.39, 0.29) is 22.5 Å². The minimum Gasteiger partial charge on any atom is -0.482 e. The molecule has 3 amide bonds. The Hall–Kier alpha value is -3.12. The number of hydrogen-bond acceptors (Lipinski definition) is 7. The first-order valence-corrected chi connectivity index (χ1v) is 15.0. The van der Waals surface area contributed by atoms with Crippen LogP contribution in [0.15, 0.2) is 30.5 Å². The zero-order chi connectivity index (χ0) is 28.9. The van der Waals surface area contributed by atoms with Gasteiger partial charge in [-0.25, -0.2) is 22.6 Å². The molecule has 0 unspecified atom stereocenters. The van der Waals surface area contributed by atoms with Crippen LogP contribution >= 0.6 is 11.6 Å². The van der Waals surface area contributed by atoms with E-state index in [9.17, 15) is 22.4 Å². The third kappa shape index (κ3) is 7.75. The van der Waals surface area contributed by atoms with Crippen molar-refractivity contribution in [3.05, 3.63) is 41.3 Å². The first-order valence-electron chi connectivity index (χ1n) is 13.4. The molecular formula is C27H35ClFN5O5S. The molecule has 3 N–H and O–H groups in total. The van der Waals surface area contributed by atoms with Gasteiger partial charge in [0.05, 0.1) is 17.6 Å². The number of carbonyl (C=O) groups is 2. The van der Waals surface area contributed by atoms with Crippen LogP contribution in [0.4, 0.5) is 26.4 Å². The fraction of sp³-hybridized carbons (Fsp3) is 0.519. The Morgan fingerprint density at radius 3 is 2.48 bits per heavy atom. The quantitative estimate of drug-likeness (QED) is 0.272. The number of anilines is 3. The predicted octanol–water partition coefficient (Wildman–Crippen LogP) is 4.91. The number of hydrogen-bond donors (Lipinski definition) is 4. The number of ether oxygens (including phenoxy) is 1. The lowest BCUT2D eigenvalue weighted by molar-refractivity contribution is -0.123. The van der Waals surface area contributed by atoms with Crippen molar-refractivity contribution in [3.8, 4) is 5.75 Å². The third-order valence-corrected chi connectivity index (χ3v) is 8.43. The predicted molar refractivity (Wildman–Crippen MR) is 153 cm³/mol. The second-order valence-corrected chi connectivity index (χ2v) is 12.5. The molecular weight excluding hydrogens is 561 g/mol. The lowest BCUT2D eigenvalue weighted by Gasteiger charge is -2.37. The molecule has 40 heavy (non-hydrogen) atoms. The summed E-state index contributed by atoms with van der Waals surface area (Å²) in [7, 11) is -2.79. The monoisotopic (exact) mass is 595 g/mol. The minimum atomic E-state index is -2.79. The van der Waals surface area contributed by atoms with Gasteiger partial charge in [-0.1, -0.05) is 44.7 Å². The number of urea groups is 1. The summed E-state index contributed by atoms with van der Waals surface area (Å²) in [5.74, 6) is -0.188. The zero-order valence-corrected chi connectivity index (χ0v) is 24.2. The van der Waals surface area contributed by atoms with Crippen molar-refractivity contribution in [2.75, 3.05) is 28.7 Å². The van der Waals surface area contributed by atoms with Gasteiger partial charge in [-0.2, -0.15) is 0 Å². The Kier molecular flexibility index (Phi) is 9.72. The molecule has 1 aromatic carbocycles. The van der Waals surface area contributed by atoms with E-state index >= 15 is 0 Å². The average molecular weight is 596 g/mol. The van der Waals surface area contributed by atoms with Crippen molar-refractivity contribution >= 4 is 51.4 Å². The summed E-state index contributed by atoms with van der Waals surface area (Å²) >= 11 is 5.82. The molecule has 2 aromatic rings. The number of benzene rings is 1. The normalized spacial score (nSPS) is 16.4. The maximum absolute atomic E-state index is 14.3. The first-order chi connectivity index (χ1) is 19.1. The molecule has 0 atom stereocenters. The molecule has 2 aliphatic carbocycles. The smallest absolute Gasteiger partial charge is 0.323 e. The molecule has 0 bridgehead atoms. The summed E-state index contributed by atoms with van der Waals surface area (Å²) in [6.07, 6.45) is 7.60. The van der Waals surface area contributed by atoms with Crippen LogP contribution < -0.4 is 25.6 Å². The highest BCUT2D eigenvalue weighted by molar-refractivity contribution is 7.74. The van der Waals surface area contributed by atoms with Crippen molar-refractivity contribution in [2.24, 2.45) is 5.92 Å². The number of thiol groups is 1. The van der Waals surface area contributed by atoms with Gasteiger partial charge in [0.1, 0.15) is 16.4 Å². The zero-order valence-electron chi connectivity index (χ0n) is 22.5. The molecule has 218 valence electrons. The Balaban J connectivity index is 1.56. The molecule has 13 heteroatoms. The van der Waals surface area contributed by atoms with Crippen molar-refractivity contribution in [2.45, 2.75) is 69.7 Å². The van der Waals surface area contributed by atoms with Crippen LogP contribution in [0.5, 0.6) is 5.75 Å². The summed E-state index contributed by atoms with van der Waals surface area (Å²) in [4.78, 5) is 31.0. The van der Waals surface area contributed by atoms with Gasteiger partial charge < -0.3 is 25.6 Å². The van der Waals surface area contributed by atoms with Crippen LogP contribution in [0.3, 0.4) is 0 Å². The Morgan fingerprint density at radius 1 is 1.15 bits per heavy atom. The van der Waals surface area contributed by atoms with Crippen molar-refractivity contribution in [1.29, 1.82) is 0 Å². The molecule has 4 rings (SSSR count). The van der Waals surface area contributed by atoms with Gasteiger partial charge in [0.25, 0.3) is 5.91 Å². The van der Waals surface area contributed by atoms with Crippen molar-refractivity contribution < 1.29 is 27.1 Å². The van der Waals surface area contributed by atoms with Crippen LogP contribution in [0, 0.1) is 11.7 Å². The first kappa shape index (κ1) is 29.9. The van der Waals surface area contributed by atoms with E-state index in [4.69, 9.17) is 16.3 Å². The molecule has 0 saturated heterocycles. The Labute approximate surface area is 240 Å². The summed E-state index contributed by atoms with van der Waals surface area (Å²) in [5.41, 5.74) is 0.287. The molecule has 1 aromatic heterocycles. The number of halogens is 2. The molecule has 2 fully saturated rings. The van der Waals surface area contributed by atoms with E-state index in [0.29, 0.717) is 36.8 Å². The summed E-state index contributed by atoms with van der Waals surface area (Å²) in [5, 5.41) is 7.97. The van der Waals surface area contributed by atoms with Crippen LogP contribution in [0.25, 0.3) is 0 Å². The number of nitrogens with one attached hydrogen (secondary N) is 3. The van der Waals surface area contributed by atoms with E-state index in [0.717, 1.165) is 31.7 Å². The highest BCUT2D eigenvalue weighted by Crippen LogP contribution is 2.36. The van der Waals surface area contributed by atoms with Crippen LogP contribution in [-0.2, 0) is 15.5 Å². The summed E-state index contributed by atoms with van der Waals surface area (Å²) in [6, 6.07) is 5.04. The average Bonchev–Trinajstić information content (AvgIpc) is 3.69. The Morgan fingerprint density at radius 2 is 1.85 bits per heavy atom. The van der Waals surface area contributed by atoms with E-state index in [1.165, 1.54) is 24.8 Å². The summed E-state index contributed by atoms with van der Waals surface area (Å²) < 4.78 is 42.7. The second-order valence-electron chi connectivity index (χ2n) is 10.7. The highest BCUT2D eigenvalue weighted by atomic mass is 35.5. The lowest BCUT2D eigenvalue weighted by atomic mass is 9.93. The Bertz CT molecular complexity index is 1310. The number of rotatable bonds is 11. The third-order valence-electron chi connectivity index (χ3n) is 6.93. The number of aromatic nitrogens is 1. The van der Waals surface area contributed by atoms with Gasteiger partial charge in [-0.15, -0.1) is 0 Å².